The molecule has 1 aromatic carbocycles. The Morgan fingerprint density at radius 1 is 1.26 bits per heavy atom. The van der Waals surface area contributed by atoms with Crippen LogP contribution < -0.4 is 4.74 Å². The van der Waals surface area contributed by atoms with E-state index in [1.807, 2.05) is 32.0 Å². The molecule has 122 valence electrons. The molecule has 0 N–H and O–H groups in total. The molecule has 23 heavy (non-hydrogen) atoms. The molecule has 2 saturated carbocycles. The van der Waals surface area contributed by atoms with Gasteiger partial charge in [0.15, 0.2) is 0 Å². The molecule has 0 bridgehead atoms. The highest BCUT2D eigenvalue weighted by Gasteiger charge is 2.40. The van der Waals surface area contributed by atoms with Crippen LogP contribution in [0, 0.1) is 24.2 Å². The molecule has 0 spiro atoms. The van der Waals surface area contributed by atoms with E-state index in [-0.39, 0.29) is 11.7 Å². The lowest BCUT2D eigenvalue weighted by Crippen LogP contribution is -2.35. The van der Waals surface area contributed by atoms with E-state index >= 15 is 0 Å². The van der Waals surface area contributed by atoms with E-state index in [2.05, 4.69) is 6.07 Å². The predicted octanol–water partition coefficient (Wildman–Crippen LogP) is 4.47. The Bertz CT molecular complexity index is 640. The van der Waals surface area contributed by atoms with Crippen molar-refractivity contribution in [2.24, 2.45) is 5.92 Å². The number of hydrogen-bond acceptors (Lipinski definition) is 3. The summed E-state index contributed by atoms with van der Waals surface area (Å²) in [5.74, 6) is 1.17. The van der Waals surface area contributed by atoms with E-state index < -0.39 is 5.41 Å². The van der Waals surface area contributed by atoms with Gasteiger partial charge in [-0.3, -0.25) is 4.79 Å². The summed E-state index contributed by atoms with van der Waals surface area (Å²) in [5.41, 5.74) is 1.37. The second-order valence-corrected chi connectivity index (χ2v) is 7.28. The average Bonchev–Trinajstić information content (AvgIpc) is 3.05. The number of carbonyl (C=O) groups is 1. The number of nitrogens with zero attached hydrogens (tertiary/aromatic N) is 1. The van der Waals surface area contributed by atoms with Gasteiger partial charge in [-0.15, -0.1) is 0 Å². The second-order valence-electron chi connectivity index (χ2n) is 7.28. The van der Waals surface area contributed by atoms with Crippen molar-refractivity contribution in [2.45, 2.75) is 70.3 Å². The summed E-state index contributed by atoms with van der Waals surface area (Å²) in [7, 11) is 0. The number of ketones is 1. The Balaban J connectivity index is 1.89. The first-order chi connectivity index (χ1) is 11.0. The van der Waals surface area contributed by atoms with Crippen molar-refractivity contribution in [2.75, 3.05) is 0 Å². The lowest BCUT2D eigenvalue weighted by molar-refractivity contribution is -0.125. The van der Waals surface area contributed by atoms with Crippen LogP contribution >= 0.6 is 0 Å². The van der Waals surface area contributed by atoms with Crippen molar-refractivity contribution in [3.05, 3.63) is 29.3 Å². The number of benzene rings is 1. The van der Waals surface area contributed by atoms with Crippen molar-refractivity contribution < 1.29 is 9.53 Å². The molecule has 0 heterocycles. The molecule has 0 saturated heterocycles. The smallest absolute Gasteiger partial charge is 0.137 e. The van der Waals surface area contributed by atoms with Gasteiger partial charge < -0.3 is 4.74 Å². The molecule has 3 nitrogen and oxygen atoms in total. The Labute approximate surface area is 138 Å². The molecule has 2 aliphatic rings. The maximum atomic E-state index is 12.2. The molecule has 3 rings (SSSR count). The van der Waals surface area contributed by atoms with E-state index in [1.165, 1.54) is 12.8 Å². The Morgan fingerprint density at radius 2 is 2.00 bits per heavy atom. The minimum absolute atomic E-state index is 0.0798. The molecule has 0 aliphatic heterocycles. The number of hydrogen-bond donors (Lipinski definition) is 0. The molecule has 2 atom stereocenters. The van der Waals surface area contributed by atoms with E-state index in [1.54, 1.807) is 0 Å². The monoisotopic (exact) mass is 311 g/mol. The van der Waals surface area contributed by atoms with Gasteiger partial charge in [0.2, 0.25) is 0 Å². The zero-order chi connectivity index (χ0) is 16.4. The van der Waals surface area contributed by atoms with Crippen molar-refractivity contribution in [3.8, 4) is 11.8 Å². The Hall–Kier alpha value is -1.82. The van der Waals surface area contributed by atoms with Gasteiger partial charge in [-0.25, -0.2) is 0 Å². The minimum atomic E-state index is -0.676. The molecule has 0 aromatic heterocycles. The molecule has 2 aliphatic carbocycles. The van der Waals surface area contributed by atoms with Crippen LogP contribution in [0.5, 0.6) is 5.75 Å². The van der Waals surface area contributed by atoms with E-state index in [9.17, 15) is 10.1 Å². The zero-order valence-electron chi connectivity index (χ0n) is 14.1. The van der Waals surface area contributed by atoms with Crippen LogP contribution in [0.2, 0.25) is 0 Å². The third-order valence-corrected chi connectivity index (χ3v) is 5.58. The van der Waals surface area contributed by atoms with Gasteiger partial charge in [-0.05, 0) is 62.6 Å². The maximum absolute atomic E-state index is 12.2. The second kappa shape index (κ2) is 6.35. The third-order valence-electron chi connectivity index (χ3n) is 5.58. The quantitative estimate of drug-likeness (QED) is 0.827. The van der Waals surface area contributed by atoms with Gasteiger partial charge >= 0.3 is 0 Å². The van der Waals surface area contributed by atoms with E-state index in [0.29, 0.717) is 12.5 Å². The minimum Gasteiger partial charge on any atom is -0.490 e. The lowest BCUT2D eigenvalue weighted by Gasteiger charge is -2.33. The zero-order valence-corrected chi connectivity index (χ0v) is 14.1. The van der Waals surface area contributed by atoms with Crippen molar-refractivity contribution >= 4 is 5.78 Å². The van der Waals surface area contributed by atoms with Crippen LogP contribution in [0.3, 0.4) is 0 Å². The Kier molecular flexibility index (Phi) is 4.43. The van der Waals surface area contributed by atoms with Gasteiger partial charge in [-0.1, -0.05) is 19.1 Å². The summed E-state index contributed by atoms with van der Waals surface area (Å²) >= 11 is 0. The predicted molar refractivity (Wildman–Crippen MR) is 89.4 cm³/mol. The topological polar surface area (TPSA) is 50.1 Å². The maximum Gasteiger partial charge on any atom is 0.137 e. The summed E-state index contributed by atoms with van der Waals surface area (Å²) in [4.78, 5) is 12.2. The van der Waals surface area contributed by atoms with Crippen molar-refractivity contribution in [1.82, 2.24) is 0 Å². The first-order valence-corrected chi connectivity index (χ1v) is 8.76. The fraction of sp³-hybridized carbons (Fsp3) is 0.600. The normalized spacial score (nSPS) is 28.6. The third kappa shape index (κ3) is 3.13. The van der Waals surface area contributed by atoms with Crippen LogP contribution in [0.4, 0.5) is 0 Å². The fourth-order valence-corrected chi connectivity index (χ4v) is 3.80. The van der Waals surface area contributed by atoms with Gasteiger partial charge in [-0.2, -0.15) is 5.26 Å². The molecule has 0 radical (unpaired) electrons. The van der Waals surface area contributed by atoms with Gasteiger partial charge in [0.1, 0.15) is 11.5 Å². The first-order valence-electron chi connectivity index (χ1n) is 8.76. The highest BCUT2D eigenvalue weighted by molar-refractivity contribution is 5.83. The van der Waals surface area contributed by atoms with Crippen molar-refractivity contribution in [1.29, 1.82) is 5.26 Å². The summed E-state index contributed by atoms with van der Waals surface area (Å²) < 4.78 is 6.18. The average molecular weight is 311 g/mol. The van der Waals surface area contributed by atoms with Crippen LogP contribution in [0.25, 0.3) is 0 Å². The first kappa shape index (κ1) is 16.1. The molecular formula is C20H25NO2. The van der Waals surface area contributed by atoms with Crippen LogP contribution in [0.15, 0.2) is 18.2 Å². The summed E-state index contributed by atoms with van der Waals surface area (Å²) in [5, 5.41) is 9.80. The number of ether oxygens (including phenoxy) is 1. The highest BCUT2D eigenvalue weighted by atomic mass is 16.5. The summed E-state index contributed by atoms with van der Waals surface area (Å²) in [6, 6.07) is 8.49. The van der Waals surface area contributed by atoms with Gasteiger partial charge in [0, 0.05) is 12.3 Å². The molecule has 2 fully saturated rings. The van der Waals surface area contributed by atoms with Gasteiger partial charge in [0.25, 0.3) is 0 Å². The summed E-state index contributed by atoms with van der Waals surface area (Å²) in [6.45, 7) is 4.01. The molecule has 2 unspecified atom stereocenters. The molecule has 0 amide bonds. The largest absolute Gasteiger partial charge is 0.490 e. The van der Waals surface area contributed by atoms with Gasteiger partial charge in [0.05, 0.1) is 17.6 Å². The van der Waals surface area contributed by atoms with Crippen molar-refractivity contribution in [3.63, 3.8) is 0 Å². The number of Topliss-reactive ketones (excluding diaryl/α,β-unsaturated/α-hetero) is 1. The fourth-order valence-electron chi connectivity index (χ4n) is 3.80. The van der Waals surface area contributed by atoms with Crippen LogP contribution in [-0.4, -0.2) is 11.9 Å². The number of rotatable bonds is 3. The Morgan fingerprint density at radius 3 is 2.65 bits per heavy atom. The molecule has 3 heteroatoms. The van der Waals surface area contributed by atoms with Crippen LogP contribution in [0.1, 0.15) is 63.0 Å². The number of nitriles is 1. The SMILES string of the molecule is Cc1ccc(C2(C#N)CCC(C)C(=O)C2)cc1OC1CCCC1. The number of carbonyl (C=O) groups excluding carboxylic acids is 1. The molecular weight excluding hydrogens is 286 g/mol. The highest BCUT2D eigenvalue weighted by Crippen LogP contribution is 2.41. The summed E-state index contributed by atoms with van der Waals surface area (Å²) in [6.07, 6.45) is 6.87. The van der Waals surface area contributed by atoms with E-state index in [0.717, 1.165) is 42.6 Å². The lowest BCUT2D eigenvalue weighted by atomic mass is 9.67. The standard InChI is InChI=1S/C20H25NO2/c1-14-9-10-20(13-21,12-18(14)22)16-8-7-15(2)19(11-16)23-17-5-3-4-6-17/h7-8,11,14,17H,3-6,9-10,12H2,1-2H3. The van der Waals surface area contributed by atoms with Crippen LogP contribution in [-0.2, 0) is 10.2 Å². The number of aryl methyl sites for hydroxylation is 1. The van der Waals surface area contributed by atoms with E-state index in [4.69, 9.17) is 4.74 Å². The molecule has 1 aromatic rings.